The van der Waals surface area contributed by atoms with Crippen molar-refractivity contribution in [1.29, 1.82) is 0 Å². The number of aromatic nitrogens is 1. The summed E-state index contributed by atoms with van der Waals surface area (Å²) < 4.78 is 10.4. The Kier molecular flexibility index (Phi) is 3.50. The van der Waals surface area contributed by atoms with Crippen molar-refractivity contribution in [2.24, 2.45) is 0 Å². The predicted molar refractivity (Wildman–Crippen MR) is 87.5 cm³/mol. The second-order valence-electron chi connectivity index (χ2n) is 5.63. The summed E-state index contributed by atoms with van der Waals surface area (Å²) in [6.07, 6.45) is 1.99. The van der Waals surface area contributed by atoms with Gasteiger partial charge in [-0.15, -0.1) is 11.3 Å². The Hall–Kier alpha value is -2.40. The van der Waals surface area contributed by atoms with E-state index in [0.717, 1.165) is 18.5 Å². The summed E-state index contributed by atoms with van der Waals surface area (Å²) in [7, 11) is 0. The molecule has 0 radical (unpaired) electrons. The molecular weight excluding hydrogens is 310 g/mol. The number of hydrogen-bond donors (Lipinski definition) is 0. The number of aryl methyl sites for hydroxylation is 3. The molecule has 5 heteroatoms. The van der Waals surface area contributed by atoms with Crippen LogP contribution in [0.1, 0.15) is 32.3 Å². The lowest BCUT2D eigenvalue weighted by Gasteiger charge is -2.15. The molecule has 23 heavy (non-hydrogen) atoms. The van der Waals surface area contributed by atoms with Gasteiger partial charge in [-0.05, 0) is 42.5 Å². The van der Waals surface area contributed by atoms with Gasteiger partial charge in [0.25, 0.3) is 0 Å². The molecule has 0 amide bonds. The zero-order chi connectivity index (χ0) is 15.8. The maximum absolute atomic E-state index is 12.3. The lowest BCUT2D eigenvalue weighted by atomic mass is 9.91. The van der Waals surface area contributed by atoms with Crippen LogP contribution < -0.4 is 0 Å². The van der Waals surface area contributed by atoms with Crippen molar-refractivity contribution in [1.82, 2.24) is 5.16 Å². The molecule has 4 nitrogen and oxygen atoms in total. The van der Waals surface area contributed by atoms with Crippen molar-refractivity contribution in [3.63, 3.8) is 0 Å². The molecule has 0 aliphatic heterocycles. The molecule has 116 valence electrons. The minimum atomic E-state index is -0.309. The topological polar surface area (TPSA) is 52.3 Å². The Morgan fingerprint density at radius 1 is 1.26 bits per heavy atom. The molecule has 1 aromatic carbocycles. The van der Waals surface area contributed by atoms with Crippen LogP contribution in [0.15, 0.2) is 40.9 Å². The van der Waals surface area contributed by atoms with Crippen LogP contribution in [0.25, 0.3) is 10.4 Å². The fraction of sp³-hybridized carbons (Fsp3) is 0.222. The number of thiophene rings is 1. The standard InChI is InChI=1S/C18H15NO3S/c1-11-8-14(22-19-11)10-21-18(20)16-9-13-7-6-12-4-2-3-5-15(12)17(13)23-16/h2-5,8-9H,6-7,10H2,1H3. The minimum Gasteiger partial charge on any atom is -0.453 e. The number of carbonyl (C=O) groups excluding carboxylic acids is 1. The number of benzene rings is 1. The number of esters is 1. The van der Waals surface area contributed by atoms with Crippen molar-refractivity contribution in [2.75, 3.05) is 0 Å². The lowest BCUT2D eigenvalue weighted by molar-refractivity contribution is 0.0443. The molecule has 0 atom stereocenters. The van der Waals surface area contributed by atoms with E-state index in [1.54, 1.807) is 6.07 Å². The lowest BCUT2D eigenvalue weighted by Crippen LogP contribution is -2.02. The first-order chi connectivity index (χ1) is 11.2. The first kappa shape index (κ1) is 14.2. The number of hydrogen-bond acceptors (Lipinski definition) is 5. The van der Waals surface area contributed by atoms with Gasteiger partial charge in [0.1, 0.15) is 4.88 Å². The van der Waals surface area contributed by atoms with Gasteiger partial charge in [0.05, 0.1) is 5.69 Å². The van der Waals surface area contributed by atoms with Crippen LogP contribution in [0.3, 0.4) is 0 Å². The molecule has 0 spiro atoms. The maximum atomic E-state index is 12.3. The molecule has 0 fully saturated rings. The molecule has 0 unspecified atom stereocenters. The Morgan fingerprint density at radius 2 is 2.09 bits per heavy atom. The fourth-order valence-corrected chi connectivity index (χ4v) is 4.03. The van der Waals surface area contributed by atoms with Crippen molar-refractivity contribution in [3.8, 4) is 10.4 Å². The van der Waals surface area contributed by atoms with E-state index < -0.39 is 0 Å². The van der Waals surface area contributed by atoms with Crippen molar-refractivity contribution in [2.45, 2.75) is 26.4 Å². The van der Waals surface area contributed by atoms with Crippen LogP contribution in [-0.2, 0) is 24.2 Å². The zero-order valence-corrected chi connectivity index (χ0v) is 13.5. The molecular formula is C18H15NO3S. The van der Waals surface area contributed by atoms with Crippen molar-refractivity contribution in [3.05, 3.63) is 63.9 Å². The summed E-state index contributed by atoms with van der Waals surface area (Å²) in [6.45, 7) is 1.94. The number of fused-ring (bicyclic) bond motifs is 3. The third-order valence-corrected chi connectivity index (χ3v) is 5.15. The quantitative estimate of drug-likeness (QED) is 0.678. The summed E-state index contributed by atoms with van der Waals surface area (Å²) in [5, 5.41) is 3.78. The molecule has 0 bridgehead atoms. The highest BCUT2D eigenvalue weighted by Crippen LogP contribution is 2.39. The van der Waals surface area contributed by atoms with Gasteiger partial charge < -0.3 is 9.26 Å². The normalized spacial score (nSPS) is 12.6. The Balaban J connectivity index is 1.55. The van der Waals surface area contributed by atoms with E-state index >= 15 is 0 Å². The fourth-order valence-electron chi connectivity index (χ4n) is 2.86. The van der Waals surface area contributed by atoms with E-state index in [4.69, 9.17) is 9.26 Å². The van der Waals surface area contributed by atoms with Gasteiger partial charge in [-0.2, -0.15) is 0 Å². The van der Waals surface area contributed by atoms with Gasteiger partial charge in [0.15, 0.2) is 12.4 Å². The van der Waals surface area contributed by atoms with E-state index in [1.165, 1.54) is 32.9 Å². The van der Waals surface area contributed by atoms with E-state index in [-0.39, 0.29) is 12.6 Å². The monoisotopic (exact) mass is 325 g/mol. The van der Waals surface area contributed by atoms with Gasteiger partial charge in [-0.1, -0.05) is 29.4 Å². The Bertz CT molecular complexity index is 878. The minimum absolute atomic E-state index is 0.110. The molecule has 1 aliphatic rings. The van der Waals surface area contributed by atoms with Crippen molar-refractivity contribution >= 4 is 17.3 Å². The van der Waals surface area contributed by atoms with Gasteiger partial charge in [-0.3, -0.25) is 0 Å². The average molecular weight is 325 g/mol. The molecule has 4 rings (SSSR count). The Morgan fingerprint density at radius 3 is 2.91 bits per heavy atom. The molecule has 0 N–H and O–H groups in total. The SMILES string of the molecule is Cc1cc(COC(=O)c2cc3c(s2)-c2ccccc2CC3)on1. The average Bonchev–Trinajstić information content (AvgIpc) is 3.18. The largest absolute Gasteiger partial charge is 0.453 e. The van der Waals surface area contributed by atoms with Crippen LogP contribution in [-0.4, -0.2) is 11.1 Å². The number of carbonyl (C=O) groups is 1. The van der Waals surface area contributed by atoms with E-state index in [0.29, 0.717) is 10.6 Å². The zero-order valence-electron chi connectivity index (χ0n) is 12.7. The summed E-state index contributed by atoms with van der Waals surface area (Å²) in [4.78, 5) is 14.1. The van der Waals surface area contributed by atoms with Gasteiger partial charge in [-0.25, -0.2) is 4.79 Å². The maximum Gasteiger partial charge on any atom is 0.348 e. The van der Waals surface area contributed by atoms with Gasteiger partial charge in [0, 0.05) is 10.9 Å². The highest BCUT2D eigenvalue weighted by atomic mass is 32.1. The first-order valence-corrected chi connectivity index (χ1v) is 8.32. The van der Waals surface area contributed by atoms with Crippen LogP contribution in [0, 0.1) is 6.92 Å². The third kappa shape index (κ3) is 2.68. The second-order valence-corrected chi connectivity index (χ2v) is 6.69. The van der Waals surface area contributed by atoms with Gasteiger partial charge >= 0.3 is 5.97 Å². The Labute approximate surface area is 137 Å². The van der Waals surface area contributed by atoms with Gasteiger partial charge in [0.2, 0.25) is 0 Å². The summed E-state index contributed by atoms with van der Waals surface area (Å²) in [5.74, 6) is 0.249. The van der Waals surface area contributed by atoms with E-state index in [1.807, 2.05) is 19.1 Å². The van der Waals surface area contributed by atoms with Crippen LogP contribution in [0.5, 0.6) is 0 Å². The molecule has 0 saturated heterocycles. The summed E-state index contributed by atoms with van der Waals surface area (Å²) >= 11 is 1.51. The first-order valence-electron chi connectivity index (χ1n) is 7.51. The van der Waals surface area contributed by atoms with E-state index in [9.17, 15) is 4.79 Å². The smallest absolute Gasteiger partial charge is 0.348 e. The number of ether oxygens (including phenoxy) is 1. The van der Waals surface area contributed by atoms with Crippen LogP contribution in [0.4, 0.5) is 0 Å². The van der Waals surface area contributed by atoms with E-state index in [2.05, 4.69) is 23.4 Å². The number of rotatable bonds is 3. The highest BCUT2D eigenvalue weighted by molar-refractivity contribution is 7.17. The van der Waals surface area contributed by atoms with Crippen LogP contribution in [0.2, 0.25) is 0 Å². The summed E-state index contributed by atoms with van der Waals surface area (Å²) in [5.41, 5.74) is 4.60. The number of nitrogens with zero attached hydrogens (tertiary/aromatic N) is 1. The molecule has 0 saturated carbocycles. The predicted octanol–water partition coefficient (Wildman–Crippen LogP) is 4.17. The molecule has 3 aromatic rings. The molecule has 2 heterocycles. The third-order valence-electron chi connectivity index (χ3n) is 3.96. The molecule has 1 aliphatic carbocycles. The van der Waals surface area contributed by atoms with Crippen LogP contribution >= 0.6 is 11.3 Å². The highest BCUT2D eigenvalue weighted by Gasteiger charge is 2.22. The second kappa shape index (κ2) is 5.66. The van der Waals surface area contributed by atoms with Crippen molar-refractivity contribution < 1.29 is 14.1 Å². The molecule has 2 aromatic heterocycles. The summed E-state index contributed by atoms with van der Waals surface area (Å²) in [6, 6.07) is 12.1.